The molecular weight excluding hydrogens is 298 g/mol. The molecule has 0 fully saturated rings. The lowest BCUT2D eigenvalue weighted by Crippen LogP contribution is -2.31. The second-order valence-corrected chi connectivity index (χ2v) is 6.87. The monoisotopic (exact) mass is 319 g/mol. The summed E-state index contributed by atoms with van der Waals surface area (Å²) in [5, 5.41) is 3.64. The summed E-state index contributed by atoms with van der Waals surface area (Å²) in [5.41, 5.74) is 6.42. The number of aromatic nitrogens is 2. The smallest absolute Gasteiger partial charge is 0.140 e. The van der Waals surface area contributed by atoms with Crippen LogP contribution >= 0.6 is 0 Å². The predicted molar refractivity (Wildman–Crippen MR) is 99.4 cm³/mol. The summed E-state index contributed by atoms with van der Waals surface area (Å²) in [6.45, 7) is 6.49. The molecule has 4 heteroatoms. The van der Waals surface area contributed by atoms with Gasteiger partial charge in [0.05, 0.1) is 29.4 Å². The summed E-state index contributed by atoms with van der Waals surface area (Å²) in [6.07, 6.45) is 2.25. The Morgan fingerprint density at radius 2 is 1.83 bits per heavy atom. The van der Waals surface area contributed by atoms with E-state index >= 15 is 0 Å². The van der Waals surface area contributed by atoms with Gasteiger partial charge in [-0.1, -0.05) is 18.2 Å². The fourth-order valence-electron chi connectivity index (χ4n) is 3.42. The molecule has 4 nitrogen and oxygen atoms in total. The van der Waals surface area contributed by atoms with Gasteiger partial charge in [0.25, 0.3) is 0 Å². The number of nitrogens with one attached hydrogen (secondary N) is 2. The highest BCUT2D eigenvalue weighted by molar-refractivity contribution is 5.92. The van der Waals surface area contributed by atoms with Gasteiger partial charge in [0.15, 0.2) is 0 Å². The molecule has 0 spiro atoms. The van der Waals surface area contributed by atoms with E-state index in [9.17, 15) is 0 Å². The Morgan fingerprint density at radius 1 is 1.08 bits per heavy atom. The quantitative estimate of drug-likeness (QED) is 0.710. The minimum atomic E-state index is -0.105. The van der Waals surface area contributed by atoms with Crippen LogP contribution in [0.5, 0.6) is 5.75 Å². The Labute approximate surface area is 141 Å². The summed E-state index contributed by atoms with van der Waals surface area (Å²) in [5.74, 6) is 1.68. The van der Waals surface area contributed by atoms with Crippen molar-refractivity contribution in [3.05, 3.63) is 48.0 Å². The Hall–Kier alpha value is -2.75. The van der Waals surface area contributed by atoms with Gasteiger partial charge in [0.1, 0.15) is 11.6 Å². The van der Waals surface area contributed by atoms with Crippen LogP contribution in [0.4, 0.5) is 5.69 Å². The average molecular weight is 319 g/mol. The molecule has 2 heterocycles. The molecule has 1 aliphatic rings. The molecule has 2 N–H and O–H groups in total. The largest absolute Gasteiger partial charge is 0.497 e. The highest BCUT2D eigenvalue weighted by Crippen LogP contribution is 2.42. The molecule has 0 radical (unpaired) electrons. The van der Waals surface area contributed by atoms with Crippen molar-refractivity contribution < 1.29 is 4.74 Å². The van der Waals surface area contributed by atoms with Gasteiger partial charge in [-0.15, -0.1) is 0 Å². The van der Waals surface area contributed by atoms with Gasteiger partial charge in [-0.05, 0) is 50.6 Å². The lowest BCUT2D eigenvalue weighted by Gasteiger charge is -2.33. The standard InChI is InChI=1S/C20H21N3O/c1-12-11-20(2,3)23-18-14(12)9-13(24-4)10-15(18)19-21-16-7-5-6-8-17(16)22-19/h5-11,23H,1-4H3,(H,21,22). The third-order valence-electron chi connectivity index (χ3n) is 4.44. The molecule has 122 valence electrons. The molecule has 1 aliphatic heterocycles. The van der Waals surface area contributed by atoms with Crippen molar-refractivity contribution in [3.63, 3.8) is 0 Å². The molecule has 1 aromatic heterocycles. The van der Waals surface area contributed by atoms with E-state index in [1.807, 2.05) is 30.3 Å². The summed E-state index contributed by atoms with van der Waals surface area (Å²) < 4.78 is 5.52. The fourth-order valence-corrected chi connectivity index (χ4v) is 3.42. The molecule has 0 amide bonds. The Balaban J connectivity index is 1.98. The van der Waals surface area contributed by atoms with Gasteiger partial charge in [-0.2, -0.15) is 0 Å². The molecule has 0 unspecified atom stereocenters. The van der Waals surface area contributed by atoms with E-state index in [4.69, 9.17) is 9.72 Å². The van der Waals surface area contributed by atoms with Crippen LogP contribution < -0.4 is 10.1 Å². The van der Waals surface area contributed by atoms with Crippen LogP contribution in [0.15, 0.2) is 42.5 Å². The van der Waals surface area contributed by atoms with Crippen LogP contribution in [-0.4, -0.2) is 22.6 Å². The van der Waals surface area contributed by atoms with Gasteiger partial charge < -0.3 is 15.0 Å². The molecule has 0 saturated heterocycles. The third kappa shape index (κ3) is 2.35. The summed E-state index contributed by atoms with van der Waals surface area (Å²) in [7, 11) is 1.70. The van der Waals surface area contributed by atoms with Crippen molar-refractivity contribution >= 4 is 22.3 Å². The molecule has 3 aromatic rings. The maximum absolute atomic E-state index is 5.52. The van der Waals surface area contributed by atoms with Crippen LogP contribution in [0.1, 0.15) is 26.3 Å². The van der Waals surface area contributed by atoms with E-state index < -0.39 is 0 Å². The Morgan fingerprint density at radius 3 is 2.58 bits per heavy atom. The Bertz CT molecular complexity index is 933. The number of hydrogen-bond donors (Lipinski definition) is 2. The first-order valence-electron chi connectivity index (χ1n) is 8.12. The normalized spacial score (nSPS) is 15.6. The minimum absolute atomic E-state index is 0.105. The van der Waals surface area contributed by atoms with Gasteiger partial charge in [-0.3, -0.25) is 0 Å². The van der Waals surface area contributed by atoms with E-state index in [0.29, 0.717) is 0 Å². The van der Waals surface area contributed by atoms with Crippen molar-refractivity contribution in [2.45, 2.75) is 26.3 Å². The second kappa shape index (κ2) is 5.13. The number of nitrogens with zero attached hydrogens (tertiary/aromatic N) is 1. The van der Waals surface area contributed by atoms with Crippen molar-refractivity contribution in [1.82, 2.24) is 9.97 Å². The molecule has 0 bridgehead atoms. The van der Waals surface area contributed by atoms with Crippen LogP contribution in [0, 0.1) is 0 Å². The number of ether oxygens (including phenoxy) is 1. The molecular formula is C20H21N3O. The molecule has 24 heavy (non-hydrogen) atoms. The highest BCUT2D eigenvalue weighted by atomic mass is 16.5. The number of aromatic amines is 1. The molecule has 0 aliphatic carbocycles. The minimum Gasteiger partial charge on any atom is -0.497 e. The van der Waals surface area contributed by atoms with E-state index in [0.717, 1.165) is 39.4 Å². The van der Waals surface area contributed by atoms with Crippen molar-refractivity contribution in [3.8, 4) is 17.1 Å². The number of imidazole rings is 1. The molecule has 0 atom stereocenters. The number of hydrogen-bond acceptors (Lipinski definition) is 3. The third-order valence-corrected chi connectivity index (χ3v) is 4.44. The first-order chi connectivity index (χ1) is 11.5. The zero-order chi connectivity index (χ0) is 16.9. The molecule has 0 saturated carbocycles. The number of fused-ring (bicyclic) bond motifs is 2. The van der Waals surface area contributed by atoms with E-state index in [1.54, 1.807) is 7.11 Å². The van der Waals surface area contributed by atoms with Gasteiger partial charge in [0, 0.05) is 11.1 Å². The van der Waals surface area contributed by atoms with Crippen LogP contribution in [0.2, 0.25) is 0 Å². The first kappa shape index (κ1) is 14.8. The van der Waals surface area contributed by atoms with E-state index in [1.165, 1.54) is 5.57 Å². The van der Waals surface area contributed by atoms with Crippen LogP contribution in [-0.2, 0) is 0 Å². The summed E-state index contributed by atoms with van der Waals surface area (Å²) >= 11 is 0. The number of para-hydroxylation sites is 2. The number of anilines is 1. The molecule has 2 aromatic carbocycles. The maximum Gasteiger partial charge on any atom is 0.140 e. The lowest BCUT2D eigenvalue weighted by atomic mass is 9.89. The number of benzene rings is 2. The number of H-pyrrole nitrogens is 1. The van der Waals surface area contributed by atoms with Crippen molar-refractivity contribution in [1.29, 1.82) is 0 Å². The molecule has 4 rings (SSSR count). The average Bonchev–Trinajstić information content (AvgIpc) is 2.97. The van der Waals surface area contributed by atoms with Gasteiger partial charge in [-0.25, -0.2) is 4.98 Å². The summed E-state index contributed by atoms with van der Waals surface area (Å²) in [4.78, 5) is 8.20. The van der Waals surface area contributed by atoms with Crippen molar-refractivity contribution in [2.75, 3.05) is 12.4 Å². The zero-order valence-corrected chi connectivity index (χ0v) is 14.4. The summed E-state index contributed by atoms with van der Waals surface area (Å²) in [6, 6.07) is 12.2. The van der Waals surface area contributed by atoms with Crippen LogP contribution in [0.25, 0.3) is 28.0 Å². The van der Waals surface area contributed by atoms with Crippen LogP contribution in [0.3, 0.4) is 0 Å². The van der Waals surface area contributed by atoms with E-state index in [2.05, 4.69) is 43.2 Å². The number of rotatable bonds is 2. The topological polar surface area (TPSA) is 49.9 Å². The number of allylic oxidation sites excluding steroid dienone is 1. The first-order valence-corrected chi connectivity index (χ1v) is 8.12. The predicted octanol–water partition coefficient (Wildman–Crippen LogP) is 4.85. The number of methoxy groups -OCH3 is 1. The maximum atomic E-state index is 5.52. The SMILES string of the molecule is COc1cc2c(c(-c3nc4ccccc4[nH]3)c1)NC(C)(C)C=C2C. The second-order valence-electron chi connectivity index (χ2n) is 6.87. The zero-order valence-electron chi connectivity index (χ0n) is 14.4. The van der Waals surface area contributed by atoms with E-state index in [-0.39, 0.29) is 5.54 Å². The van der Waals surface area contributed by atoms with Gasteiger partial charge in [0.2, 0.25) is 0 Å². The Kier molecular flexibility index (Phi) is 3.17. The highest BCUT2D eigenvalue weighted by Gasteiger charge is 2.26. The lowest BCUT2D eigenvalue weighted by molar-refractivity contribution is 0.415. The fraction of sp³-hybridized carbons (Fsp3) is 0.250. The van der Waals surface area contributed by atoms with Crippen molar-refractivity contribution in [2.24, 2.45) is 0 Å². The van der Waals surface area contributed by atoms with Gasteiger partial charge >= 0.3 is 0 Å².